The number of hydrogen-bond acceptors (Lipinski definition) is 4. The van der Waals surface area contributed by atoms with Gasteiger partial charge >= 0.3 is 0 Å². The zero-order valence-corrected chi connectivity index (χ0v) is 16.0. The highest BCUT2D eigenvalue weighted by atomic mass is 16.2. The molecule has 1 aliphatic carbocycles. The van der Waals surface area contributed by atoms with Crippen LogP contribution in [0.2, 0.25) is 0 Å². The lowest BCUT2D eigenvalue weighted by Crippen LogP contribution is -2.63. The lowest BCUT2D eigenvalue weighted by atomic mass is 9.88. The van der Waals surface area contributed by atoms with Crippen molar-refractivity contribution >= 4 is 23.6 Å². The summed E-state index contributed by atoms with van der Waals surface area (Å²) >= 11 is 0. The number of hydrogen-bond donors (Lipinski definition) is 2. The molecule has 4 amide bonds. The normalized spacial score (nSPS) is 27.1. The maximum atomic E-state index is 12.9. The number of carbonyl (C=O) groups is 4. The van der Waals surface area contributed by atoms with Gasteiger partial charge in [0.1, 0.15) is 12.1 Å². The minimum atomic E-state index is -0.737. The number of piperazine rings is 1. The van der Waals surface area contributed by atoms with Gasteiger partial charge in [-0.2, -0.15) is 0 Å². The average Bonchev–Trinajstić information content (AvgIpc) is 2.69. The molecule has 8 heteroatoms. The molecule has 0 bridgehead atoms. The van der Waals surface area contributed by atoms with Gasteiger partial charge in [-0.05, 0) is 25.7 Å². The third-order valence-corrected chi connectivity index (χ3v) is 5.96. The molecule has 3 fully saturated rings. The lowest BCUT2D eigenvalue weighted by molar-refractivity contribution is -0.150. The Bertz CT molecular complexity index is 603. The van der Waals surface area contributed by atoms with E-state index in [-0.39, 0.29) is 36.1 Å². The van der Waals surface area contributed by atoms with Gasteiger partial charge in [0.25, 0.3) is 0 Å². The van der Waals surface area contributed by atoms with Crippen LogP contribution in [0.3, 0.4) is 0 Å². The van der Waals surface area contributed by atoms with Gasteiger partial charge in [-0.25, -0.2) is 0 Å². The average molecular weight is 378 g/mol. The molecule has 2 aliphatic heterocycles. The maximum absolute atomic E-state index is 12.9. The number of piperidine rings is 1. The van der Waals surface area contributed by atoms with Gasteiger partial charge in [-0.3, -0.25) is 19.2 Å². The van der Waals surface area contributed by atoms with Gasteiger partial charge in [0.05, 0.1) is 6.54 Å². The highest BCUT2D eigenvalue weighted by molar-refractivity contribution is 5.93. The molecule has 0 spiro atoms. The van der Waals surface area contributed by atoms with E-state index in [9.17, 15) is 19.2 Å². The summed E-state index contributed by atoms with van der Waals surface area (Å²) in [5.74, 6) is -0.585. The second kappa shape index (κ2) is 8.71. The fourth-order valence-electron chi connectivity index (χ4n) is 4.37. The Balaban J connectivity index is 1.66. The van der Waals surface area contributed by atoms with Gasteiger partial charge < -0.3 is 20.4 Å². The van der Waals surface area contributed by atoms with Crippen LogP contribution in [-0.2, 0) is 19.2 Å². The summed E-state index contributed by atoms with van der Waals surface area (Å²) in [4.78, 5) is 52.9. The number of carbonyl (C=O) groups excluding carboxylic acids is 4. The van der Waals surface area contributed by atoms with Crippen LogP contribution in [-0.4, -0.2) is 71.7 Å². The standard InChI is InChI=1S/C19H30N4O4/c1-13(24)23-11-10-22(19(27)14-6-3-2-4-7-14)12-16(23)18(26)21-15-8-5-9-20-17(15)25/h14-16H,2-12H2,1H3,(H,20,25)(H,21,26)/t15-,16-/m0/s1. The first-order chi connectivity index (χ1) is 13.0. The van der Waals surface area contributed by atoms with Crippen molar-refractivity contribution in [2.45, 2.75) is 64.0 Å². The molecule has 2 N–H and O–H groups in total. The van der Waals surface area contributed by atoms with Crippen LogP contribution < -0.4 is 10.6 Å². The van der Waals surface area contributed by atoms with Crippen molar-refractivity contribution in [3.05, 3.63) is 0 Å². The first-order valence-electron chi connectivity index (χ1n) is 10.1. The third kappa shape index (κ3) is 4.59. The Hall–Kier alpha value is -2.12. The van der Waals surface area contributed by atoms with Crippen molar-refractivity contribution in [2.75, 3.05) is 26.2 Å². The fourth-order valence-corrected chi connectivity index (χ4v) is 4.37. The Morgan fingerprint density at radius 1 is 1.04 bits per heavy atom. The van der Waals surface area contributed by atoms with E-state index in [4.69, 9.17) is 0 Å². The summed E-state index contributed by atoms with van der Waals surface area (Å²) in [6.07, 6.45) is 6.54. The molecule has 1 saturated carbocycles. The van der Waals surface area contributed by atoms with Crippen LogP contribution in [0.4, 0.5) is 0 Å². The summed E-state index contributed by atoms with van der Waals surface area (Å²) in [7, 11) is 0. The SMILES string of the molecule is CC(=O)N1CCN(C(=O)C2CCCCC2)C[C@H]1C(=O)N[C@H]1CCCNC1=O. The van der Waals surface area contributed by atoms with Gasteiger partial charge in [-0.1, -0.05) is 19.3 Å². The van der Waals surface area contributed by atoms with E-state index in [2.05, 4.69) is 10.6 Å². The van der Waals surface area contributed by atoms with Crippen molar-refractivity contribution in [3.63, 3.8) is 0 Å². The Morgan fingerprint density at radius 2 is 1.78 bits per heavy atom. The number of nitrogens with one attached hydrogen (secondary N) is 2. The molecule has 2 heterocycles. The summed E-state index contributed by atoms with van der Waals surface area (Å²) in [6.45, 7) is 3.07. The van der Waals surface area contributed by atoms with E-state index < -0.39 is 12.1 Å². The molecule has 0 unspecified atom stereocenters. The van der Waals surface area contributed by atoms with Crippen LogP contribution in [0, 0.1) is 5.92 Å². The molecule has 3 rings (SSSR count). The Morgan fingerprint density at radius 3 is 2.44 bits per heavy atom. The first-order valence-corrected chi connectivity index (χ1v) is 10.1. The van der Waals surface area contributed by atoms with Crippen molar-refractivity contribution in [3.8, 4) is 0 Å². The van der Waals surface area contributed by atoms with Crippen LogP contribution in [0.25, 0.3) is 0 Å². The van der Waals surface area contributed by atoms with Crippen molar-refractivity contribution in [2.24, 2.45) is 5.92 Å². The van der Waals surface area contributed by atoms with E-state index in [0.717, 1.165) is 32.1 Å². The zero-order valence-electron chi connectivity index (χ0n) is 16.0. The zero-order chi connectivity index (χ0) is 19.4. The van der Waals surface area contributed by atoms with E-state index in [1.165, 1.54) is 18.2 Å². The van der Waals surface area contributed by atoms with Crippen molar-refractivity contribution in [1.82, 2.24) is 20.4 Å². The second-order valence-electron chi connectivity index (χ2n) is 7.84. The second-order valence-corrected chi connectivity index (χ2v) is 7.84. The van der Waals surface area contributed by atoms with Crippen LogP contribution >= 0.6 is 0 Å². The topological polar surface area (TPSA) is 98.8 Å². The molecule has 0 aromatic carbocycles. The summed E-state index contributed by atoms with van der Waals surface area (Å²) in [5.41, 5.74) is 0. The first kappa shape index (κ1) is 19.6. The minimum absolute atomic E-state index is 0.0375. The molecular formula is C19H30N4O4. The third-order valence-electron chi connectivity index (χ3n) is 5.96. The molecule has 3 aliphatic rings. The summed E-state index contributed by atoms with van der Waals surface area (Å²) in [5, 5.41) is 5.53. The van der Waals surface area contributed by atoms with Crippen LogP contribution in [0.5, 0.6) is 0 Å². The quantitative estimate of drug-likeness (QED) is 0.723. The van der Waals surface area contributed by atoms with Crippen LogP contribution in [0.15, 0.2) is 0 Å². The predicted octanol–water partition coefficient (Wildman–Crippen LogP) is 0.0208. The van der Waals surface area contributed by atoms with E-state index in [1.54, 1.807) is 4.90 Å². The molecular weight excluding hydrogens is 348 g/mol. The number of amides is 4. The predicted molar refractivity (Wildman–Crippen MR) is 98.5 cm³/mol. The summed E-state index contributed by atoms with van der Waals surface area (Å²) in [6, 6.07) is -1.30. The number of rotatable bonds is 3. The maximum Gasteiger partial charge on any atom is 0.245 e. The molecule has 2 saturated heterocycles. The number of nitrogens with zero attached hydrogens (tertiary/aromatic N) is 2. The minimum Gasteiger partial charge on any atom is -0.354 e. The van der Waals surface area contributed by atoms with Gasteiger partial charge in [0.2, 0.25) is 23.6 Å². The Labute approximate surface area is 160 Å². The highest BCUT2D eigenvalue weighted by Crippen LogP contribution is 2.26. The molecule has 0 aromatic heterocycles. The lowest BCUT2D eigenvalue weighted by Gasteiger charge is -2.42. The molecule has 0 aromatic rings. The van der Waals surface area contributed by atoms with E-state index in [1.807, 2.05) is 0 Å². The summed E-state index contributed by atoms with van der Waals surface area (Å²) < 4.78 is 0. The van der Waals surface area contributed by atoms with Crippen molar-refractivity contribution < 1.29 is 19.2 Å². The molecule has 27 heavy (non-hydrogen) atoms. The van der Waals surface area contributed by atoms with Gasteiger partial charge in [0.15, 0.2) is 0 Å². The monoisotopic (exact) mass is 378 g/mol. The fraction of sp³-hybridized carbons (Fsp3) is 0.789. The van der Waals surface area contributed by atoms with E-state index in [0.29, 0.717) is 26.1 Å². The Kier molecular flexibility index (Phi) is 6.34. The largest absolute Gasteiger partial charge is 0.354 e. The van der Waals surface area contributed by atoms with Gasteiger partial charge in [-0.15, -0.1) is 0 Å². The molecule has 8 nitrogen and oxygen atoms in total. The molecule has 2 atom stereocenters. The van der Waals surface area contributed by atoms with Crippen LogP contribution in [0.1, 0.15) is 51.9 Å². The van der Waals surface area contributed by atoms with E-state index >= 15 is 0 Å². The van der Waals surface area contributed by atoms with Crippen molar-refractivity contribution in [1.29, 1.82) is 0 Å². The highest BCUT2D eigenvalue weighted by Gasteiger charge is 2.39. The molecule has 0 radical (unpaired) electrons. The van der Waals surface area contributed by atoms with Gasteiger partial charge in [0, 0.05) is 32.5 Å². The smallest absolute Gasteiger partial charge is 0.245 e. The molecule has 150 valence electrons.